The van der Waals surface area contributed by atoms with Crippen LogP contribution in [0.4, 0.5) is 19.4 Å². The van der Waals surface area contributed by atoms with Crippen LogP contribution in [0.2, 0.25) is 0 Å². The van der Waals surface area contributed by atoms with Gasteiger partial charge >= 0.3 is 12.6 Å². The van der Waals surface area contributed by atoms with Crippen LogP contribution in [0.3, 0.4) is 0 Å². The van der Waals surface area contributed by atoms with Gasteiger partial charge in [0.15, 0.2) is 11.8 Å². The Morgan fingerprint density at radius 1 is 1.07 bits per heavy atom. The largest absolute Gasteiger partial charge is 0.438 e. The number of urea groups is 1. The molecule has 2 aromatic heterocycles. The van der Waals surface area contributed by atoms with Gasteiger partial charge in [-0.15, -0.1) is 0 Å². The van der Waals surface area contributed by atoms with Gasteiger partial charge in [0.25, 0.3) is 0 Å². The highest BCUT2D eigenvalue weighted by molar-refractivity contribution is 7.89. The van der Waals surface area contributed by atoms with Crippen molar-refractivity contribution in [3.63, 3.8) is 0 Å². The van der Waals surface area contributed by atoms with Crippen molar-refractivity contribution in [2.24, 2.45) is 24.8 Å². The zero-order valence-electron chi connectivity index (χ0n) is 34.8. The summed E-state index contributed by atoms with van der Waals surface area (Å²) in [7, 11) is -0.0122. The van der Waals surface area contributed by atoms with E-state index in [1.165, 1.54) is 21.0 Å². The number of sulfonamides is 1. The number of rotatable bonds is 15. The predicted molar refractivity (Wildman–Crippen MR) is 227 cm³/mol. The molecule has 0 saturated carbocycles. The molecule has 2 aromatic carbocycles. The van der Waals surface area contributed by atoms with Gasteiger partial charge < -0.3 is 20.7 Å². The maximum atomic E-state index is 13.9. The monoisotopic (exact) mass is 863 g/mol. The lowest BCUT2D eigenvalue weighted by Crippen LogP contribution is -2.49. The number of aromatic nitrogens is 4. The van der Waals surface area contributed by atoms with Gasteiger partial charge in [-0.1, -0.05) is 25.1 Å². The topological polar surface area (TPSA) is 185 Å². The number of alkyl halides is 2. The zero-order chi connectivity index (χ0) is 43.3. The summed E-state index contributed by atoms with van der Waals surface area (Å²) >= 11 is 0. The summed E-state index contributed by atoms with van der Waals surface area (Å²) in [5.41, 5.74) is 10.2. The molecule has 328 valence electrons. The normalized spacial score (nSPS) is 18.9. The van der Waals surface area contributed by atoms with Gasteiger partial charge in [-0.2, -0.15) is 23.3 Å². The highest BCUT2D eigenvalue weighted by Crippen LogP contribution is 2.35. The second kappa shape index (κ2) is 19.1. The van der Waals surface area contributed by atoms with E-state index in [4.69, 9.17) is 5.73 Å². The van der Waals surface area contributed by atoms with Crippen molar-refractivity contribution < 1.29 is 31.5 Å². The number of aliphatic imine (C=N–C) groups is 1. The molecule has 4 aromatic rings. The zero-order valence-corrected chi connectivity index (χ0v) is 35.7. The Bertz CT molecular complexity index is 2370. The molecular weight excluding hydrogens is 809 g/mol. The van der Waals surface area contributed by atoms with Crippen LogP contribution >= 0.6 is 0 Å². The van der Waals surface area contributed by atoms with Crippen molar-refractivity contribution in [2.75, 3.05) is 44.2 Å². The van der Waals surface area contributed by atoms with Crippen LogP contribution in [0, 0.1) is 0 Å². The molecule has 5 heterocycles. The quantitative estimate of drug-likeness (QED) is 0.0844. The maximum absolute atomic E-state index is 13.9. The molecule has 1 unspecified atom stereocenters. The summed E-state index contributed by atoms with van der Waals surface area (Å²) < 4.78 is 62.9. The highest BCUT2D eigenvalue weighted by atomic mass is 32.2. The first-order chi connectivity index (χ1) is 29.3. The van der Waals surface area contributed by atoms with E-state index < -0.39 is 22.7 Å². The first kappa shape index (κ1) is 43.7. The van der Waals surface area contributed by atoms with Crippen LogP contribution in [-0.2, 0) is 40.1 Å². The first-order valence-corrected chi connectivity index (χ1v) is 22.3. The lowest BCUT2D eigenvalue weighted by atomic mass is 9.87. The molecule has 7 rings (SSSR count). The number of piperidine rings is 2. The van der Waals surface area contributed by atoms with E-state index in [0.29, 0.717) is 50.4 Å². The minimum atomic E-state index is -3.78. The number of allylic oxidation sites excluding steroid dienone is 1. The molecule has 19 heteroatoms. The fraction of sp³-hybridized carbons (Fsp3) is 0.500. The van der Waals surface area contributed by atoms with Crippen LogP contribution in [0.25, 0.3) is 10.9 Å². The van der Waals surface area contributed by atoms with Gasteiger partial charge in [-0.25, -0.2) is 18.2 Å². The van der Waals surface area contributed by atoms with E-state index in [1.54, 1.807) is 27.6 Å². The Hall–Kier alpha value is -5.40. The number of ether oxygens (including phenoxy) is 1. The molecule has 0 bridgehead atoms. The number of anilines is 1. The molecule has 0 aliphatic carbocycles. The Kier molecular flexibility index (Phi) is 13.7. The highest BCUT2D eigenvalue weighted by Gasteiger charge is 2.32. The molecular formula is C42H55F2N11O5S. The first-order valence-electron chi connectivity index (χ1n) is 20.9. The second-order valence-electron chi connectivity index (χ2n) is 16.1. The average molecular weight is 864 g/mol. The van der Waals surface area contributed by atoms with Crippen LogP contribution in [0.5, 0.6) is 0 Å². The number of aryl methyl sites for hydroxylation is 2. The Morgan fingerprint density at radius 3 is 2.52 bits per heavy atom. The minimum Gasteiger partial charge on any atom is -0.438 e. The van der Waals surface area contributed by atoms with E-state index in [1.807, 2.05) is 45.5 Å². The number of nitrogens with one attached hydrogen (secondary N) is 2. The molecule has 0 radical (unpaired) electrons. The number of amides is 3. The molecule has 3 saturated heterocycles. The number of likely N-dealkylation sites (tertiary alicyclic amines) is 1. The third-order valence-electron chi connectivity index (χ3n) is 11.8. The molecule has 0 spiro atoms. The van der Waals surface area contributed by atoms with Crippen LogP contribution in [0.1, 0.15) is 80.4 Å². The number of imide groups is 1. The number of fused-ring (bicyclic) bond motifs is 1. The number of benzene rings is 2. The van der Waals surface area contributed by atoms with Gasteiger partial charge in [-0.05, 0) is 98.5 Å². The second-order valence-corrected chi connectivity index (χ2v) is 18.0. The van der Waals surface area contributed by atoms with Crippen molar-refractivity contribution >= 4 is 44.6 Å². The fourth-order valence-corrected chi connectivity index (χ4v) is 10.1. The third-order valence-corrected chi connectivity index (χ3v) is 13.7. The van der Waals surface area contributed by atoms with Crippen molar-refractivity contribution in [3.8, 4) is 0 Å². The standard InChI is InChI=1S/C42H55F2N11O5S/c1-4-6-34(60-40(43)44)25-46-41(45)48-33-13-18-54(19-14-33)61(58,59)35-8-5-7-28(22-35)21-31(32-24-47-51(2)26-32)27-53-16-11-29(12-17-53)30-9-10-36-37(23-30)52(3)50-39(36)55-20-15-38(56)49-42(55)57/h5,7-10,22-26,29,31,33,40H,4,6,11-21,27H2,1-3H3,(H3,45,46,48)(H,49,56,57)/b34-25+. The Morgan fingerprint density at radius 2 is 1.84 bits per heavy atom. The summed E-state index contributed by atoms with van der Waals surface area (Å²) in [6.45, 7) is 2.34. The van der Waals surface area contributed by atoms with Crippen molar-refractivity contribution in [2.45, 2.75) is 87.7 Å². The summed E-state index contributed by atoms with van der Waals surface area (Å²) in [4.78, 5) is 33.0. The molecule has 3 aliphatic rings. The van der Waals surface area contributed by atoms with Gasteiger partial charge in [-0.3, -0.25) is 24.4 Å². The van der Waals surface area contributed by atoms with E-state index in [0.717, 1.165) is 54.5 Å². The lowest BCUT2D eigenvalue weighted by molar-refractivity contribution is -0.120. The minimum absolute atomic E-state index is 0.0535. The molecule has 3 amide bonds. The van der Waals surface area contributed by atoms with Crippen LogP contribution in [0.15, 0.2) is 76.7 Å². The molecule has 3 aliphatic heterocycles. The number of carbonyl (C=O) groups excluding carboxylic acids is 2. The molecule has 1 atom stereocenters. The molecule has 61 heavy (non-hydrogen) atoms. The molecule has 4 N–H and O–H groups in total. The van der Waals surface area contributed by atoms with E-state index in [2.05, 4.69) is 47.6 Å². The number of nitrogens with two attached hydrogens (primary N) is 1. The van der Waals surface area contributed by atoms with E-state index in [-0.39, 0.29) is 54.0 Å². The van der Waals surface area contributed by atoms with Gasteiger partial charge in [0.1, 0.15) is 5.76 Å². The number of hydrogen-bond donors (Lipinski definition) is 3. The smallest absolute Gasteiger partial charge is 0.387 e. The summed E-state index contributed by atoms with van der Waals surface area (Å²) in [5, 5.41) is 15.1. The van der Waals surface area contributed by atoms with Crippen molar-refractivity contribution in [1.29, 1.82) is 0 Å². The van der Waals surface area contributed by atoms with Gasteiger partial charge in [0.2, 0.25) is 15.9 Å². The fourth-order valence-electron chi connectivity index (χ4n) is 8.57. The number of hydrogen-bond acceptors (Lipinski definition) is 9. The lowest BCUT2D eigenvalue weighted by Gasteiger charge is -2.34. The van der Waals surface area contributed by atoms with Gasteiger partial charge in [0, 0.05) is 76.8 Å². The summed E-state index contributed by atoms with van der Waals surface area (Å²) in [5.74, 6) is 0.838. The predicted octanol–water partition coefficient (Wildman–Crippen LogP) is 4.90. The maximum Gasteiger partial charge on any atom is 0.387 e. The average Bonchev–Trinajstić information content (AvgIpc) is 3.82. The number of carbonyl (C=O) groups is 2. The summed E-state index contributed by atoms with van der Waals surface area (Å²) in [6.07, 6.45) is 9.88. The SMILES string of the molecule is CCC/C(=C\NC(N)=NC1CCN(S(=O)(=O)c2cccc(CC(CN3CCC(c4ccc5c(N6CCC(=O)NC6=O)nn(C)c5c4)CC3)c3cnn(C)c3)c2)CC1)OC(F)F. The molecule has 3 fully saturated rings. The van der Waals surface area contributed by atoms with Crippen molar-refractivity contribution in [1.82, 2.24) is 39.4 Å². The van der Waals surface area contributed by atoms with Gasteiger partial charge in [0.05, 0.1) is 22.7 Å². The Labute approximate surface area is 354 Å². The molecule has 16 nitrogen and oxygen atoms in total. The summed E-state index contributed by atoms with van der Waals surface area (Å²) in [6, 6.07) is 12.9. The van der Waals surface area contributed by atoms with Crippen LogP contribution < -0.4 is 21.3 Å². The third kappa shape index (κ3) is 10.6. The van der Waals surface area contributed by atoms with E-state index in [9.17, 15) is 26.8 Å². The number of guanidine groups is 1. The Balaban J connectivity index is 0.966. The number of halogens is 2. The van der Waals surface area contributed by atoms with Crippen LogP contribution in [-0.4, -0.2) is 107 Å². The number of nitrogens with zero attached hydrogens (tertiary/aromatic N) is 8. The van der Waals surface area contributed by atoms with Crippen molar-refractivity contribution in [3.05, 3.63) is 83.5 Å². The van der Waals surface area contributed by atoms with E-state index >= 15 is 0 Å².